The summed E-state index contributed by atoms with van der Waals surface area (Å²) in [6.45, 7) is 3.41. The first kappa shape index (κ1) is 19.6. The smallest absolute Gasteiger partial charge is 0.326 e. The van der Waals surface area contributed by atoms with Crippen molar-refractivity contribution < 1.29 is 14.3 Å². The van der Waals surface area contributed by atoms with E-state index in [4.69, 9.17) is 4.74 Å². The third-order valence-corrected chi connectivity index (χ3v) is 4.04. The monoisotopic (exact) mass is 359 g/mol. The van der Waals surface area contributed by atoms with Crippen LogP contribution in [0.5, 0.6) is 0 Å². The van der Waals surface area contributed by atoms with E-state index < -0.39 is 5.97 Å². The minimum atomic E-state index is -0.655. The molecule has 0 spiro atoms. The van der Waals surface area contributed by atoms with E-state index in [0.29, 0.717) is 10.9 Å². The van der Waals surface area contributed by atoms with E-state index >= 15 is 0 Å². The van der Waals surface area contributed by atoms with Crippen LogP contribution in [-0.4, -0.2) is 34.1 Å². The molecule has 0 unspecified atom stereocenters. The molecule has 0 radical (unpaired) electrons. The van der Waals surface area contributed by atoms with Gasteiger partial charge in [-0.2, -0.15) is 0 Å². The Labute approximate surface area is 152 Å². The Bertz CT molecular complexity index is 816. The number of ether oxygens (including phenoxy) is 1. The number of amides is 1. The fourth-order valence-electron chi connectivity index (χ4n) is 2.64. The first-order chi connectivity index (χ1) is 12.5. The first-order valence-electron chi connectivity index (χ1n) is 8.90. The number of nitrogens with one attached hydrogen (secondary N) is 1. The average molecular weight is 359 g/mol. The number of carbonyl (C=O) groups is 2. The molecule has 1 atom stereocenters. The van der Waals surface area contributed by atoms with E-state index in [2.05, 4.69) is 17.2 Å². The molecule has 26 heavy (non-hydrogen) atoms. The topological polar surface area (TPSA) is 90.3 Å². The van der Waals surface area contributed by atoms with Gasteiger partial charge in [-0.3, -0.25) is 19.0 Å². The highest BCUT2D eigenvalue weighted by Crippen LogP contribution is 2.05. The molecule has 0 aliphatic carbocycles. The summed E-state index contributed by atoms with van der Waals surface area (Å²) in [4.78, 5) is 40.2. The zero-order chi connectivity index (χ0) is 18.9. The summed E-state index contributed by atoms with van der Waals surface area (Å²) in [7, 11) is 0. The number of nitrogens with zero attached hydrogens (tertiary/aromatic N) is 2. The maximum atomic E-state index is 12.3. The highest BCUT2D eigenvalue weighted by molar-refractivity contribution is 5.81. The van der Waals surface area contributed by atoms with Crippen LogP contribution in [0.2, 0.25) is 0 Å². The number of para-hydroxylation sites is 1. The van der Waals surface area contributed by atoms with Crippen LogP contribution < -0.4 is 10.9 Å². The molecular formula is C19H25N3O4. The second-order valence-corrected chi connectivity index (χ2v) is 6.32. The van der Waals surface area contributed by atoms with Crippen LogP contribution in [0, 0.1) is 0 Å². The van der Waals surface area contributed by atoms with E-state index in [1.807, 2.05) is 6.92 Å². The molecule has 1 aromatic heterocycles. The summed E-state index contributed by atoms with van der Waals surface area (Å²) in [5.74, 6) is -0.996. The molecule has 0 aliphatic heterocycles. The van der Waals surface area contributed by atoms with Crippen molar-refractivity contribution in [3.8, 4) is 0 Å². The van der Waals surface area contributed by atoms with Gasteiger partial charge in [0.25, 0.3) is 11.5 Å². The van der Waals surface area contributed by atoms with Crippen molar-refractivity contribution in [3.05, 3.63) is 40.9 Å². The summed E-state index contributed by atoms with van der Waals surface area (Å²) in [5.41, 5.74) is 0.250. The Balaban J connectivity index is 1.83. The number of fused-ring (bicyclic) bond motifs is 1. The number of hydrogen-bond acceptors (Lipinski definition) is 5. The van der Waals surface area contributed by atoms with E-state index in [1.165, 1.54) is 10.9 Å². The fourth-order valence-corrected chi connectivity index (χ4v) is 2.64. The maximum Gasteiger partial charge on any atom is 0.326 e. The van der Waals surface area contributed by atoms with E-state index in [9.17, 15) is 14.4 Å². The van der Waals surface area contributed by atoms with Gasteiger partial charge in [-0.05, 0) is 25.5 Å². The third-order valence-electron chi connectivity index (χ3n) is 4.04. The summed E-state index contributed by atoms with van der Waals surface area (Å²) >= 11 is 0. The second-order valence-electron chi connectivity index (χ2n) is 6.32. The van der Waals surface area contributed by atoms with Crippen LogP contribution in [0.3, 0.4) is 0 Å². The lowest BCUT2D eigenvalue weighted by molar-refractivity contribution is -0.149. The molecule has 0 fully saturated rings. The molecule has 0 saturated heterocycles. The number of rotatable bonds is 9. The Morgan fingerprint density at radius 1 is 1.27 bits per heavy atom. The number of hydrogen-bond donors (Lipinski definition) is 1. The average Bonchev–Trinajstić information content (AvgIpc) is 2.63. The number of benzene rings is 1. The molecule has 2 aromatic rings. The summed E-state index contributed by atoms with van der Waals surface area (Å²) in [6.07, 6.45) is 5.51. The van der Waals surface area contributed by atoms with Gasteiger partial charge in [0, 0.05) is 6.04 Å². The van der Waals surface area contributed by atoms with Gasteiger partial charge >= 0.3 is 5.97 Å². The highest BCUT2D eigenvalue weighted by Gasteiger charge is 2.12. The number of carbonyl (C=O) groups excluding carboxylic acids is 2. The van der Waals surface area contributed by atoms with Gasteiger partial charge in [0.15, 0.2) is 6.61 Å². The largest absolute Gasteiger partial charge is 0.454 e. The van der Waals surface area contributed by atoms with Gasteiger partial charge in [-0.15, -0.1) is 0 Å². The Kier molecular flexibility index (Phi) is 7.32. The van der Waals surface area contributed by atoms with Crippen molar-refractivity contribution in [2.45, 2.75) is 52.1 Å². The Morgan fingerprint density at radius 2 is 2.04 bits per heavy atom. The van der Waals surface area contributed by atoms with Crippen molar-refractivity contribution >= 4 is 22.8 Å². The fraction of sp³-hybridized carbons (Fsp3) is 0.474. The molecule has 0 saturated carbocycles. The third kappa shape index (κ3) is 5.68. The lowest BCUT2D eigenvalue weighted by Crippen LogP contribution is -2.36. The normalized spacial score (nSPS) is 11.9. The zero-order valence-corrected chi connectivity index (χ0v) is 15.2. The minimum Gasteiger partial charge on any atom is -0.454 e. The number of aromatic nitrogens is 2. The number of esters is 1. The van der Waals surface area contributed by atoms with Crippen LogP contribution in [0.1, 0.15) is 39.5 Å². The molecule has 1 heterocycles. The summed E-state index contributed by atoms with van der Waals surface area (Å²) in [5, 5.41) is 3.23. The van der Waals surface area contributed by atoms with E-state index in [-0.39, 0.29) is 30.7 Å². The molecule has 7 heteroatoms. The van der Waals surface area contributed by atoms with Gasteiger partial charge in [-0.1, -0.05) is 38.3 Å². The van der Waals surface area contributed by atoms with Crippen LogP contribution in [0.4, 0.5) is 0 Å². The molecule has 0 bridgehead atoms. The lowest BCUT2D eigenvalue weighted by atomic mass is 10.1. The quantitative estimate of drug-likeness (QED) is 0.546. The molecular weight excluding hydrogens is 334 g/mol. The molecule has 1 amide bonds. The van der Waals surface area contributed by atoms with Gasteiger partial charge in [0.2, 0.25) is 0 Å². The van der Waals surface area contributed by atoms with E-state index in [1.54, 1.807) is 24.3 Å². The second kappa shape index (κ2) is 9.70. The van der Waals surface area contributed by atoms with Crippen molar-refractivity contribution in [1.29, 1.82) is 0 Å². The van der Waals surface area contributed by atoms with Gasteiger partial charge in [-0.25, -0.2) is 4.98 Å². The van der Waals surface area contributed by atoms with Crippen LogP contribution in [0.25, 0.3) is 10.9 Å². The standard InChI is InChI=1S/C19H25N3O4/c1-3-4-5-8-14(2)21-17(23)12-26-18(24)11-22-13-20-16-10-7-6-9-15(16)19(22)25/h6-7,9-10,13-14H,3-5,8,11-12H2,1-2H3,(H,21,23)/t14-/m0/s1. The van der Waals surface area contributed by atoms with Crippen molar-refractivity contribution in [2.24, 2.45) is 0 Å². The van der Waals surface area contributed by atoms with Crippen LogP contribution in [0.15, 0.2) is 35.4 Å². The number of unbranched alkanes of at least 4 members (excludes halogenated alkanes) is 2. The molecule has 7 nitrogen and oxygen atoms in total. The van der Waals surface area contributed by atoms with Crippen LogP contribution >= 0.6 is 0 Å². The SMILES string of the molecule is CCCCC[C@H](C)NC(=O)COC(=O)Cn1cnc2ccccc2c1=O. The summed E-state index contributed by atoms with van der Waals surface area (Å²) in [6, 6.07) is 6.95. The predicted molar refractivity (Wildman–Crippen MR) is 98.7 cm³/mol. The maximum absolute atomic E-state index is 12.3. The van der Waals surface area contributed by atoms with Crippen molar-refractivity contribution in [2.75, 3.05) is 6.61 Å². The highest BCUT2D eigenvalue weighted by atomic mass is 16.5. The van der Waals surface area contributed by atoms with Crippen LogP contribution in [-0.2, 0) is 20.9 Å². The molecule has 0 aliphatic rings. The molecule has 2 rings (SSSR count). The van der Waals surface area contributed by atoms with E-state index in [0.717, 1.165) is 25.7 Å². The molecule has 140 valence electrons. The van der Waals surface area contributed by atoms with Gasteiger partial charge in [0.05, 0.1) is 17.2 Å². The molecule has 1 N–H and O–H groups in total. The Hall–Kier alpha value is -2.70. The summed E-state index contributed by atoms with van der Waals surface area (Å²) < 4.78 is 6.14. The van der Waals surface area contributed by atoms with Gasteiger partial charge in [0.1, 0.15) is 6.54 Å². The van der Waals surface area contributed by atoms with Crippen molar-refractivity contribution in [1.82, 2.24) is 14.9 Å². The minimum absolute atomic E-state index is 0.0417. The zero-order valence-electron chi connectivity index (χ0n) is 15.2. The Morgan fingerprint density at radius 3 is 2.81 bits per heavy atom. The molecule has 1 aromatic carbocycles. The lowest BCUT2D eigenvalue weighted by Gasteiger charge is -2.13. The van der Waals surface area contributed by atoms with Gasteiger partial charge < -0.3 is 10.1 Å². The van der Waals surface area contributed by atoms with Crippen molar-refractivity contribution in [3.63, 3.8) is 0 Å². The predicted octanol–water partition coefficient (Wildman–Crippen LogP) is 2.02. The first-order valence-corrected chi connectivity index (χ1v) is 8.90.